The van der Waals surface area contributed by atoms with Gasteiger partial charge in [-0.2, -0.15) is 0 Å². The van der Waals surface area contributed by atoms with Gasteiger partial charge in [-0.15, -0.1) is 0 Å². The Hall–Kier alpha value is -1.52. The Bertz CT molecular complexity index is 213. The van der Waals surface area contributed by atoms with E-state index >= 15 is 0 Å². The van der Waals surface area contributed by atoms with Gasteiger partial charge in [0.1, 0.15) is 6.54 Å². The number of hydrogen-bond acceptors (Lipinski definition) is 2. The van der Waals surface area contributed by atoms with Crippen LogP contribution in [0.1, 0.15) is 13.3 Å². The summed E-state index contributed by atoms with van der Waals surface area (Å²) in [6, 6.07) is -0.489. The molecule has 0 aromatic heterocycles. The third kappa shape index (κ3) is 6.86. The van der Waals surface area contributed by atoms with Crippen LogP contribution in [0.4, 0.5) is 4.79 Å². The fraction of sp³-hybridized carbons (Fsp3) is 0.500. The number of carbonyl (C=O) groups is 2. The molecule has 5 heteroatoms. The van der Waals surface area contributed by atoms with Crippen LogP contribution in [-0.4, -0.2) is 30.2 Å². The molecule has 0 fully saturated rings. The van der Waals surface area contributed by atoms with Gasteiger partial charge in [0, 0.05) is 6.54 Å². The van der Waals surface area contributed by atoms with Crippen molar-refractivity contribution in [3.63, 3.8) is 0 Å². The van der Waals surface area contributed by atoms with Crippen molar-refractivity contribution in [1.29, 1.82) is 0 Å². The van der Waals surface area contributed by atoms with Gasteiger partial charge in [0.2, 0.25) is 0 Å². The van der Waals surface area contributed by atoms with Gasteiger partial charge in [0.15, 0.2) is 0 Å². The van der Waals surface area contributed by atoms with Crippen molar-refractivity contribution in [3.05, 3.63) is 12.2 Å². The van der Waals surface area contributed by atoms with Gasteiger partial charge in [-0.25, -0.2) is 4.79 Å². The summed E-state index contributed by atoms with van der Waals surface area (Å²) in [4.78, 5) is 20.9. The van der Waals surface area contributed by atoms with Crippen LogP contribution in [0.25, 0.3) is 0 Å². The van der Waals surface area contributed by atoms with Crippen LogP contribution < -0.4 is 10.6 Å². The number of rotatable bonds is 5. The zero-order valence-corrected chi connectivity index (χ0v) is 7.59. The van der Waals surface area contributed by atoms with Crippen LogP contribution in [0.2, 0.25) is 0 Å². The summed E-state index contributed by atoms with van der Waals surface area (Å²) in [7, 11) is 0. The highest BCUT2D eigenvalue weighted by molar-refractivity contribution is 5.79. The summed E-state index contributed by atoms with van der Waals surface area (Å²) in [5.41, 5.74) is 0.894. The van der Waals surface area contributed by atoms with E-state index in [1.54, 1.807) is 0 Å². The van der Waals surface area contributed by atoms with E-state index in [1.807, 2.05) is 6.92 Å². The molecule has 0 aliphatic carbocycles. The third-order valence-corrected chi connectivity index (χ3v) is 1.40. The summed E-state index contributed by atoms with van der Waals surface area (Å²) in [5.74, 6) is -1.07. The highest BCUT2D eigenvalue weighted by Crippen LogP contribution is 1.91. The average Bonchev–Trinajstić information content (AvgIpc) is 2.10. The minimum Gasteiger partial charge on any atom is -0.480 e. The molecule has 0 rings (SSSR count). The van der Waals surface area contributed by atoms with E-state index in [1.165, 1.54) is 0 Å². The highest BCUT2D eigenvalue weighted by atomic mass is 16.4. The summed E-state index contributed by atoms with van der Waals surface area (Å²) in [5, 5.41) is 12.9. The van der Waals surface area contributed by atoms with Gasteiger partial charge >= 0.3 is 12.0 Å². The summed E-state index contributed by atoms with van der Waals surface area (Å²) in [6.07, 6.45) is 0.791. The molecule has 0 aromatic rings. The van der Waals surface area contributed by atoms with Gasteiger partial charge in [-0.1, -0.05) is 19.1 Å². The van der Waals surface area contributed by atoms with Crippen LogP contribution >= 0.6 is 0 Å². The maximum atomic E-state index is 10.8. The predicted molar refractivity (Wildman–Crippen MR) is 48.5 cm³/mol. The number of amides is 2. The Labute approximate surface area is 76.8 Å². The molecule has 0 bridgehead atoms. The van der Waals surface area contributed by atoms with E-state index in [2.05, 4.69) is 17.2 Å². The van der Waals surface area contributed by atoms with E-state index in [4.69, 9.17) is 5.11 Å². The fourth-order valence-electron chi connectivity index (χ4n) is 0.549. The monoisotopic (exact) mass is 186 g/mol. The smallest absolute Gasteiger partial charge is 0.323 e. The molecule has 2 amide bonds. The van der Waals surface area contributed by atoms with Crippen molar-refractivity contribution in [2.45, 2.75) is 13.3 Å². The lowest BCUT2D eigenvalue weighted by molar-refractivity contribution is -0.135. The molecular formula is C8H14N2O3. The lowest BCUT2D eigenvalue weighted by Crippen LogP contribution is -2.39. The first kappa shape index (κ1) is 11.5. The SMILES string of the molecule is C=C(CC)CNC(=O)NCC(=O)O. The van der Waals surface area contributed by atoms with Crippen LogP contribution in [0.15, 0.2) is 12.2 Å². The lowest BCUT2D eigenvalue weighted by atomic mass is 10.2. The number of urea groups is 1. The number of carboxylic acids is 1. The molecule has 74 valence electrons. The van der Waals surface area contributed by atoms with Crippen molar-refractivity contribution in [2.24, 2.45) is 0 Å². The van der Waals surface area contributed by atoms with Gasteiger partial charge in [0.05, 0.1) is 0 Å². The van der Waals surface area contributed by atoms with Crippen molar-refractivity contribution in [1.82, 2.24) is 10.6 Å². The molecule has 0 aromatic carbocycles. The standard InChI is InChI=1S/C8H14N2O3/c1-3-6(2)4-9-8(13)10-5-7(11)12/h2-5H2,1H3,(H,11,12)(H2,9,10,13). The number of carbonyl (C=O) groups excluding carboxylic acids is 1. The minimum absolute atomic E-state index is 0.371. The number of nitrogens with one attached hydrogen (secondary N) is 2. The average molecular weight is 186 g/mol. The summed E-state index contributed by atoms with van der Waals surface area (Å²) in [6.45, 7) is 5.62. The Morgan fingerprint density at radius 3 is 2.31 bits per heavy atom. The van der Waals surface area contributed by atoms with Crippen molar-refractivity contribution >= 4 is 12.0 Å². The summed E-state index contributed by atoms with van der Waals surface area (Å²) >= 11 is 0. The second-order valence-electron chi connectivity index (χ2n) is 2.53. The Morgan fingerprint density at radius 2 is 1.85 bits per heavy atom. The van der Waals surface area contributed by atoms with Crippen LogP contribution in [0, 0.1) is 0 Å². The molecule has 0 saturated carbocycles. The van der Waals surface area contributed by atoms with E-state index in [9.17, 15) is 9.59 Å². The van der Waals surface area contributed by atoms with Gasteiger partial charge in [-0.05, 0) is 6.42 Å². The van der Waals surface area contributed by atoms with E-state index in [-0.39, 0.29) is 6.54 Å². The quantitative estimate of drug-likeness (QED) is 0.541. The Kier molecular flexibility index (Phi) is 5.34. The molecule has 0 aliphatic heterocycles. The second kappa shape index (κ2) is 6.05. The first-order valence-corrected chi connectivity index (χ1v) is 3.96. The van der Waals surface area contributed by atoms with E-state index in [0.29, 0.717) is 6.54 Å². The zero-order valence-electron chi connectivity index (χ0n) is 7.59. The van der Waals surface area contributed by atoms with Crippen molar-refractivity contribution < 1.29 is 14.7 Å². The minimum atomic E-state index is -1.07. The largest absolute Gasteiger partial charge is 0.480 e. The lowest BCUT2D eigenvalue weighted by Gasteiger charge is -2.05. The van der Waals surface area contributed by atoms with Crippen molar-refractivity contribution in [2.75, 3.05) is 13.1 Å². The highest BCUT2D eigenvalue weighted by Gasteiger charge is 2.01. The molecular weight excluding hydrogens is 172 g/mol. The van der Waals surface area contributed by atoms with Crippen LogP contribution in [-0.2, 0) is 4.79 Å². The van der Waals surface area contributed by atoms with Gasteiger partial charge in [0.25, 0.3) is 0 Å². The first-order chi connectivity index (χ1) is 6.06. The Balaban J connectivity index is 3.52. The van der Waals surface area contributed by atoms with Crippen LogP contribution in [0.5, 0.6) is 0 Å². The second-order valence-corrected chi connectivity index (χ2v) is 2.53. The maximum absolute atomic E-state index is 10.8. The van der Waals surface area contributed by atoms with Crippen molar-refractivity contribution in [3.8, 4) is 0 Å². The fourth-order valence-corrected chi connectivity index (χ4v) is 0.549. The zero-order chi connectivity index (χ0) is 10.3. The predicted octanol–water partition coefficient (Wildman–Crippen LogP) is 0.336. The number of hydrogen-bond donors (Lipinski definition) is 3. The molecule has 0 heterocycles. The topological polar surface area (TPSA) is 78.4 Å². The number of carboxylic acid groups (broad SMARTS) is 1. The molecule has 0 saturated heterocycles. The first-order valence-electron chi connectivity index (χ1n) is 3.96. The molecule has 0 unspecified atom stereocenters. The van der Waals surface area contributed by atoms with E-state index < -0.39 is 12.0 Å². The van der Waals surface area contributed by atoms with Crippen LogP contribution in [0.3, 0.4) is 0 Å². The summed E-state index contributed by atoms with van der Waals surface area (Å²) < 4.78 is 0. The molecule has 3 N–H and O–H groups in total. The molecule has 0 aliphatic rings. The van der Waals surface area contributed by atoms with Gasteiger partial charge < -0.3 is 15.7 Å². The Morgan fingerprint density at radius 1 is 1.31 bits per heavy atom. The normalized spacial score (nSPS) is 9.00. The molecule has 13 heavy (non-hydrogen) atoms. The molecule has 0 atom stereocenters. The molecule has 5 nitrogen and oxygen atoms in total. The molecule has 0 radical (unpaired) electrons. The maximum Gasteiger partial charge on any atom is 0.323 e. The van der Waals surface area contributed by atoms with E-state index in [0.717, 1.165) is 12.0 Å². The number of aliphatic carboxylic acids is 1. The van der Waals surface area contributed by atoms with Gasteiger partial charge in [-0.3, -0.25) is 4.79 Å². The third-order valence-electron chi connectivity index (χ3n) is 1.40. The molecule has 0 spiro atoms.